The molecule has 0 atom stereocenters. The van der Waals surface area contributed by atoms with E-state index >= 15 is 0 Å². The second kappa shape index (κ2) is 12.3. The van der Waals surface area contributed by atoms with Crippen LogP contribution in [0.5, 0.6) is 0 Å². The molecular formula is C31H33N3O2S. The zero-order valence-corrected chi connectivity index (χ0v) is 21.9. The van der Waals surface area contributed by atoms with Crippen molar-refractivity contribution in [2.45, 2.75) is 37.1 Å². The second-order valence-electron chi connectivity index (χ2n) is 9.59. The van der Waals surface area contributed by atoms with Crippen LogP contribution in [0, 0.1) is 0 Å². The summed E-state index contributed by atoms with van der Waals surface area (Å²) < 4.78 is 0. The summed E-state index contributed by atoms with van der Waals surface area (Å²) in [6, 6.07) is 25.6. The van der Waals surface area contributed by atoms with Gasteiger partial charge in [0.05, 0.1) is 17.1 Å². The molecular weight excluding hydrogens is 478 g/mol. The molecule has 3 aromatic rings. The molecule has 2 heterocycles. The van der Waals surface area contributed by atoms with Gasteiger partial charge in [0.2, 0.25) is 0 Å². The van der Waals surface area contributed by atoms with Gasteiger partial charge in [-0.05, 0) is 61.3 Å². The largest absolute Gasteiger partial charge is 0.351 e. The molecule has 5 nitrogen and oxygen atoms in total. The van der Waals surface area contributed by atoms with Crippen molar-refractivity contribution in [2.75, 3.05) is 31.1 Å². The summed E-state index contributed by atoms with van der Waals surface area (Å²) in [6.07, 6.45) is 7.02. The highest BCUT2D eigenvalue weighted by atomic mass is 32.2. The van der Waals surface area contributed by atoms with Crippen molar-refractivity contribution in [3.8, 4) is 0 Å². The van der Waals surface area contributed by atoms with E-state index < -0.39 is 0 Å². The Bertz CT molecular complexity index is 1250. The predicted molar refractivity (Wildman–Crippen MR) is 152 cm³/mol. The summed E-state index contributed by atoms with van der Waals surface area (Å²) in [5.41, 5.74) is 3.39. The molecule has 0 unspecified atom stereocenters. The molecule has 1 N–H and O–H groups in total. The van der Waals surface area contributed by atoms with Gasteiger partial charge in [-0.15, -0.1) is 0 Å². The molecule has 190 valence electrons. The van der Waals surface area contributed by atoms with E-state index in [2.05, 4.69) is 10.2 Å². The Morgan fingerprint density at radius 3 is 2.32 bits per heavy atom. The predicted octanol–water partition coefficient (Wildman–Crippen LogP) is 5.97. The summed E-state index contributed by atoms with van der Waals surface area (Å²) in [6.45, 7) is 4.17. The highest BCUT2D eigenvalue weighted by molar-refractivity contribution is 8.04. The second-order valence-corrected chi connectivity index (χ2v) is 10.7. The fraction of sp³-hybridized carbons (Fsp3) is 0.290. The summed E-state index contributed by atoms with van der Waals surface area (Å²) in [4.78, 5) is 32.6. The zero-order chi connectivity index (χ0) is 25.5. The number of hydrogen-bond acceptors (Lipinski definition) is 4. The lowest BCUT2D eigenvalue weighted by Crippen LogP contribution is -2.36. The van der Waals surface area contributed by atoms with E-state index in [4.69, 9.17) is 0 Å². The lowest BCUT2D eigenvalue weighted by atomic mass is 10.1. The average Bonchev–Trinajstić information content (AvgIpc) is 3.21. The third-order valence-electron chi connectivity index (χ3n) is 6.88. The number of carbonyl (C=O) groups excluding carboxylic acids is 2. The maximum Gasteiger partial charge on any atom is 0.265 e. The summed E-state index contributed by atoms with van der Waals surface area (Å²) >= 11 is 1.46. The van der Waals surface area contributed by atoms with Crippen LogP contribution in [0.1, 0.15) is 47.2 Å². The van der Waals surface area contributed by atoms with Gasteiger partial charge in [-0.3, -0.25) is 9.59 Å². The van der Waals surface area contributed by atoms with Crippen LogP contribution >= 0.6 is 11.8 Å². The third-order valence-corrected chi connectivity index (χ3v) is 7.96. The van der Waals surface area contributed by atoms with Crippen LogP contribution in [-0.2, 0) is 11.3 Å². The Balaban J connectivity index is 1.36. The fourth-order valence-electron chi connectivity index (χ4n) is 4.86. The van der Waals surface area contributed by atoms with Crippen LogP contribution in [-0.4, -0.2) is 42.9 Å². The molecule has 0 saturated carbocycles. The van der Waals surface area contributed by atoms with Crippen molar-refractivity contribution in [3.05, 3.63) is 100 Å². The zero-order valence-electron chi connectivity index (χ0n) is 21.1. The standard InChI is InChI=1S/C31H33N3O2S/c35-30(32-17-20-33-18-9-1-2-10-19-33)26-15-16-28-27(22-26)34(23-25-13-7-4-8-14-25)31(36)29(37-28)21-24-11-5-3-6-12-24/h3-8,11-16,21-22H,1-2,9-10,17-20,23H2,(H,32,35)/b29-21-. The molecule has 37 heavy (non-hydrogen) atoms. The van der Waals surface area contributed by atoms with Gasteiger partial charge in [0.1, 0.15) is 0 Å². The number of amides is 2. The first kappa shape index (κ1) is 25.3. The average molecular weight is 512 g/mol. The van der Waals surface area contributed by atoms with Gasteiger partial charge in [0.15, 0.2) is 0 Å². The summed E-state index contributed by atoms with van der Waals surface area (Å²) in [7, 11) is 0. The molecule has 0 bridgehead atoms. The Hall–Kier alpha value is -3.35. The van der Waals surface area contributed by atoms with Crippen molar-refractivity contribution in [1.29, 1.82) is 0 Å². The van der Waals surface area contributed by atoms with Gasteiger partial charge in [0, 0.05) is 23.5 Å². The maximum absolute atomic E-state index is 13.7. The minimum atomic E-state index is -0.0969. The number of thioether (sulfide) groups is 1. The highest BCUT2D eigenvalue weighted by Gasteiger charge is 2.30. The molecule has 0 aliphatic carbocycles. The van der Waals surface area contributed by atoms with Crippen LogP contribution in [0.25, 0.3) is 6.08 Å². The lowest BCUT2D eigenvalue weighted by molar-refractivity contribution is -0.114. The quantitative estimate of drug-likeness (QED) is 0.397. The monoisotopic (exact) mass is 511 g/mol. The van der Waals surface area contributed by atoms with Gasteiger partial charge >= 0.3 is 0 Å². The molecule has 2 aliphatic heterocycles. The number of nitrogens with one attached hydrogen (secondary N) is 1. The van der Waals surface area contributed by atoms with Gasteiger partial charge in [-0.1, -0.05) is 85.3 Å². The number of benzene rings is 3. The summed E-state index contributed by atoms with van der Waals surface area (Å²) in [5.74, 6) is -0.149. The van der Waals surface area contributed by atoms with Crippen molar-refractivity contribution in [3.63, 3.8) is 0 Å². The van der Waals surface area contributed by atoms with E-state index in [1.54, 1.807) is 4.90 Å². The minimum absolute atomic E-state index is 0.0519. The number of nitrogens with zero attached hydrogens (tertiary/aromatic N) is 2. The highest BCUT2D eigenvalue weighted by Crippen LogP contribution is 2.43. The Morgan fingerprint density at radius 1 is 0.892 bits per heavy atom. The molecule has 6 heteroatoms. The van der Waals surface area contributed by atoms with Gasteiger partial charge < -0.3 is 15.1 Å². The van der Waals surface area contributed by atoms with Gasteiger partial charge in [0.25, 0.3) is 11.8 Å². The lowest BCUT2D eigenvalue weighted by Gasteiger charge is -2.31. The number of anilines is 1. The van der Waals surface area contributed by atoms with E-state index in [0.717, 1.165) is 41.3 Å². The fourth-order valence-corrected chi connectivity index (χ4v) is 5.90. The molecule has 1 fully saturated rings. The van der Waals surface area contributed by atoms with Crippen LogP contribution in [0.15, 0.2) is 88.7 Å². The van der Waals surface area contributed by atoms with Gasteiger partial charge in [-0.25, -0.2) is 0 Å². The van der Waals surface area contributed by atoms with Crippen LogP contribution < -0.4 is 10.2 Å². The van der Waals surface area contributed by atoms with Crippen LogP contribution in [0.3, 0.4) is 0 Å². The van der Waals surface area contributed by atoms with E-state index in [-0.39, 0.29) is 11.8 Å². The molecule has 1 saturated heterocycles. The van der Waals surface area contributed by atoms with Crippen molar-refractivity contribution < 1.29 is 9.59 Å². The number of carbonyl (C=O) groups is 2. The molecule has 5 rings (SSSR count). The third kappa shape index (κ3) is 6.51. The normalized spacial score (nSPS) is 17.4. The first-order valence-electron chi connectivity index (χ1n) is 13.1. The topological polar surface area (TPSA) is 52.7 Å². The number of fused-ring (bicyclic) bond motifs is 1. The van der Waals surface area contributed by atoms with Crippen molar-refractivity contribution in [2.24, 2.45) is 0 Å². The van der Waals surface area contributed by atoms with Crippen molar-refractivity contribution in [1.82, 2.24) is 10.2 Å². The molecule has 0 spiro atoms. The van der Waals surface area contributed by atoms with Gasteiger partial charge in [-0.2, -0.15) is 0 Å². The minimum Gasteiger partial charge on any atom is -0.351 e. The smallest absolute Gasteiger partial charge is 0.265 e. The Labute approximate surface area is 223 Å². The molecule has 2 aliphatic rings. The van der Waals surface area contributed by atoms with Crippen molar-refractivity contribution >= 4 is 35.3 Å². The molecule has 2 amide bonds. The molecule has 3 aromatic carbocycles. The number of rotatable bonds is 7. The maximum atomic E-state index is 13.7. The Morgan fingerprint density at radius 2 is 1.59 bits per heavy atom. The first-order chi connectivity index (χ1) is 18.2. The SMILES string of the molecule is O=C(NCCN1CCCCCC1)c1ccc2c(c1)N(Cc1ccccc1)C(=O)/C(=C/c1ccccc1)S2. The molecule has 0 radical (unpaired) electrons. The molecule has 0 aromatic heterocycles. The Kier molecular flexibility index (Phi) is 8.39. The summed E-state index contributed by atoms with van der Waals surface area (Å²) in [5, 5.41) is 3.09. The van der Waals surface area contributed by atoms with E-state index in [9.17, 15) is 9.59 Å². The van der Waals surface area contributed by atoms with Crippen LogP contribution in [0.2, 0.25) is 0 Å². The van der Waals surface area contributed by atoms with Crippen LogP contribution in [0.4, 0.5) is 5.69 Å². The first-order valence-corrected chi connectivity index (χ1v) is 13.9. The number of likely N-dealkylation sites (tertiary alicyclic amines) is 1. The van der Waals surface area contributed by atoms with E-state index in [1.165, 1.54) is 37.4 Å². The van der Waals surface area contributed by atoms with E-state index in [0.29, 0.717) is 23.6 Å². The van der Waals surface area contributed by atoms with E-state index in [1.807, 2.05) is 84.9 Å². The number of hydrogen-bond donors (Lipinski definition) is 1.